The Balaban J connectivity index is 2.66. The van der Waals surface area contributed by atoms with Crippen LogP contribution < -0.4 is 10.1 Å². The van der Waals surface area contributed by atoms with E-state index in [2.05, 4.69) is 19.2 Å². The van der Waals surface area contributed by atoms with Gasteiger partial charge in [-0.2, -0.15) is 0 Å². The minimum absolute atomic E-state index is 0.370. The van der Waals surface area contributed by atoms with Crippen molar-refractivity contribution in [3.8, 4) is 5.75 Å². The second-order valence-electron chi connectivity index (χ2n) is 5.06. The molecule has 5 heteroatoms. The molecule has 2 N–H and O–H groups in total. The van der Waals surface area contributed by atoms with Crippen LogP contribution in [-0.2, 0) is 9.59 Å². The number of benzene rings is 1. The highest BCUT2D eigenvalue weighted by Gasteiger charge is 2.20. The number of carbonyl (C=O) groups is 2. The zero-order chi connectivity index (χ0) is 15.3. The third-order valence-electron chi connectivity index (χ3n) is 2.94. The SMILES string of the molecule is CC(Oc1cccc(C(C)C)c1)C(=O)N[C@H](C)C(=O)O. The molecule has 1 aromatic carbocycles. The van der Waals surface area contributed by atoms with Crippen LogP contribution in [0.25, 0.3) is 0 Å². The van der Waals surface area contributed by atoms with E-state index in [1.807, 2.05) is 18.2 Å². The fourth-order valence-electron chi connectivity index (χ4n) is 1.60. The Kier molecular flexibility index (Phi) is 5.55. The molecule has 0 aliphatic heterocycles. The van der Waals surface area contributed by atoms with Gasteiger partial charge in [-0.05, 0) is 37.5 Å². The normalized spacial score (nSPS) is 13.7. The van der Waals surface area contributed by atoms with Gasteiger partial charge >= 0.3 is 5.97 Å². The van der Waals surface area contributed by atoms with Gasteiger partial charge in [-0.25, -0.2) is 0 Å². The molecular formula is C15H21NO4. The Hall–Kier alpha value is -2.04. The largest absolute Gasteiger partial charge is 0.481 e. The molecule has 0 saturated heterocycles. The van der Waals surface area contributed by atoms with Gasteiger partial charge in [-0.15, -0.1) is 0 Å². The van der Waals surface area contributed by atoms with Gasteiger partial charge in [0.15, 0.2) is 6.10 Å². The number of hydrogen-bond acceptors (Lipinski definition) is 3. The number of carbonyl (C=O) groups excluding carboxylic acids is 1. The number of carboxylic acid groups (broad SMARTS) is 1. The second-order valence-corrected chi connectivity index (χ2v) is 5.06. The van der Waals surface area contributed by atoms with Gasteiger partial charge in [0.1, 0.15) is 11.8 Å². The van der Waals surface area contributed by atoms with Crippen LogP contribution in [0, 0.1) is 0 Å². The minimum Gasteiger partial charge on any atom is -0.481 e. The molecule has 1 rings (SSSR count). The molecule has 0 saturated carbocycles. The van der Waals surface area contributed by atoms with Crippen LogP contribution >= 0.6 is 0 Å². The van der Waals surface area contributed by atoms with Crippen molar-refractivity contribution in [1.82, 2.24) is 5.32 Å². The zero-order valence-electron chi connectivity index (χ0n) is 12.2. The number of nitrogens with one attached hydrogen (secondary N) is 1. The summed E-state index contributed by atoms with van der Waals surface area (Å²) in [6, 6.07) is 6.59. The standard InChI is InChI=1S/C15H21NO4/c1-9(2)12-6-5-7-13(8-12)20-11(4)14(17)16-10(3)15(18)19/h5-11H,1-4H3,(H,16,17)(H,18,19)/t10-,11?/m1/s1. The molecule has 1 aromatic rings. The van der Waals surface area contributed by atoms with E-state index >= 15 is 0 Å². The lowest BCUT2D eigenvalue weighted by Gasteiger charge is -2.17. The van der Waals surface area contributed by atoms with E-state index in [4.69, 9.17) is 9.84 Å². The summed E-state index contributed by atoms with van der Waals surface area (Å²) >= 11 is 0. The molecule has 0 aliphatic carbocycles. The topological polar surface area (TPSA) is 75.6 Å². The molecule has 1 amide bonds. The highest BCUT2D eigenvalue weighted by atomic mass is 16.5. The van der Waals surface area contributed by atoms with Crippen LogP contribution in [0.4, 0.5) is 0 Å². The first-order chi connectivity index (χ1) is 9.31. The summed E-state index contributed by atoms with van der Waals surface area (Å²) in [7, 11) is 0. The van der Waals surface area contributed by atoms with Gasteiger partial charge in [0, 0.05) is 0 Å². The van der Waals surface area contributed by atoms with Crippen molar-refractivity contribution in [2.24, 2.45) is 0 Å². The van der Waals surface area contributed by atoms with Crippen LogP contribution in [0.1, 0.15) is 39.2 Å². The fourth-order valence-corrected chi connectivity index (χ4v) is 1.60. The van der Waals surface area contributed by atoms with Gasteiger partial charge in [-0.3, -0.25) is 9.59 Å². The van der Waals surface area contributed by atoms with Crippen LogP contribution in [0.2, 0.25) is 0 Å². The first-order valence-corrected chi connectivity index (χ1v) is 6.61. The summed E-state index contributed by atoms with van der Waals surface area (Å²) in [5, 5.41) is 11.1. The lowest BCUT2D eigenvalue weighted by molar-refractivity contribution is -0.142. The molecule has 0 bridgehead atoms. The number of ether oxygens (including phenoxy) is 1. The maximum absolute atomic E-state index is 11.8. The molecule has 110 valence electrons. The van der Waals surface area contributed by atoms with E-state index in [-0.39, 0.29) is 0 Å². The van der Waals surface area contributed by atoms with Crippen molar-refractivity contribution in [3.63, 3.8) is 0 Å². The van der Waals surface area contributed by atoms with Crippen molar-refractivity contribution in [3.05, 3.63) is 29.8 Å². The first-order valence-electron chi connectivity index (χ1n) is 6.61. The van der Waals surface area contributed by atoms with Gasteiger partial charge in [0.25, 0.3) is 5.91 Å². The van der Waals surface area contributed by atoms with Crippen molar-refractivity contribution in [2.75, 3.05) is 0 Å². The Morgan fingerprint density at radius 2 is 1.85 bits per heavy atom. The number of hydrogen-bond donors (Lipinski definition) is 2. The smallest absolute Gasteiger partial charge is 0.325 e. The summed E-state index contributed by atoms with van der Waals surface area (Å²) in [6.07, 6.45) is -0.751. The number of aliphatic carboxylic acids is 1. The molecule has 1 unspecified atom stereocenters. The predicted molar refractivity (Wildman–Crippen MR) is 75.9 cm³/mol. The summed E-state index contributed by atoms with van der Waals surface area (Å²) in [5.41, 5.74) is 1.12. The molecule has 0 aromatic heterocycles. The maximum Gasteiger partial charge on any atom is 0.325 e. The molecule has 0 heterocycles. The lowest BCUT2D eigenvalue weighted by Crippen LogP contribution is -2.44. The maximum atomic E-state index is 11.8. The molecule has 5 nitrogen and oxygen atoms in total. The Morgan fingerprint density at radius 1 is 1.20 bits per heavy atom. The third-order valence-corrected chi connectivity index (χ3v) is 2.94. The predicted octanol–water partition coefficient (Wildman–Crippen LogP) is 2.17. The number of rotatable bonds is 6. The zero-order valence-corrected chi connectivity index (χ0v) is 12.2. The van der Waals surface area contributed by atoms with Gasteiger partial charge in [0.2, 0.25) is 0 Å². The van der Waals surface area contributed by atoms with Crippen LogP contribution in [-0.4, -0.2) is 29.1 Å². The Morgan fingerprint density at radius 3 is 2.40 bits per heavy atom. The minimum atomic E-state index is -1.08. The summed E-state index contributed by atoms with van der Waals surface area (Å²) in [4.78, 5) is 22.5. The summed E-state index contributed by atoms with van der Waals surface area (Å²) in [5.74, 6) is -0.557. The number of carboxylic acids is 1. The summed E-state index contributed by atoms with van der Waals surface area (Å²) in [6.45, 7) is 7.14. The van der Waals surface area contributed by atoms with Gasteiger partial charge in [-0.1, -0.05) is 26.0 Å². The van der Waals surface area contributed by atoms with E-state index < -0.39 is 24.0 Å². The third kappa shape index (κ3) is 4.57. The quantitative estimate of drug-likeness (QED) is 0.836. The molecule has 0 spiro atoms. The molecule has 0 radical (unpaired) electrons. The molecule has 20 heavy (non-hydrogen) atoms. The van der Waals surface area contributed by atoms with E-state index in [1.54, 1.807) is 13.0 Å². The van der Waals surface area contributed by atoms with Crippen LogP contribution in [0.3, 0.4) is 0 Å². The van der Waals surface area contributed by atoms with Crippen molar-refractivity contribution < 1.29 is 19.4 Å². The number of amides is 1. The molecule has 0 fully saturated rings. The fraction of sp³-hybridized carbons (Fsp3) is 0.467. The van der Waals surface area contributed by atoms with E-state index in [9.17, 15) is 9.59 Å². The summed E-state index contributed by atoms with van der Waals surface area (Å²) < 4.78 is 5.54. The van der Waals surface area contributed by atoms with Gasteiger partial charge < -0.3 is 15.2 Å². The highest BCUT2D eigenvalue weighted by molar-refractivity contribution is 5.86. The molecule has 2 atom stereocenters. The van der Waals surface area contributed by atoms with E-state index in [0.717, 1.165) is 5.56 Å². The van der Waals surface area contributed by atoms with Gasteiger partial charge in [0.05, 0.1) is 0 Å². The Bertz CT molecular complexity index is 485. The average molecular weight is 279 g/mol. The first kappa shape index (κ1) is 16.0. The second kappa shape index (κ2) is 6.93. The molecule has 0 aliphatic rings. The van der Waals surface area contributed by atoms with Crippen LogP contribution in [0.5, 0.6) is 5.75 Å². The molecular weight excluding hydrogens is 258 g/mol. The van der Waals surface area contributed by atoms with E-state index in [1.165, 1.54) is 6.92 Å². The van der Waals surface area contributed by atoms with Crippen molar-refractivity contribution in [1.29, 1.82) is 0 Å². The van der Waals surface area contributed by atoms with Crippen LogP contribution in [0.15, 0.2) is 24.3 Å². The highest BCUT2D eigenvalue weighted by Crippen LogP contribution is 2.20. The van der Waals surface area contributed by atoms with Crippen molar-refractivity contribution >= 4 is 11.9 Å². The average Bonchev–Trinajstić information content (AvgIpc) is 2.38. The monoisotopic (exact) mass is 279 g/mol. The Labute approximate surface area is 118 Å². The van der Waals surface area contributed by atoms with Crippen molar-refractivity contribution in [2.45, 2.75) is 45.8 Å². The lowest BCUT2D eigenvalue weighted by atomic mass is 10.0. The van der Waals surface area contributed by atoms with E-state index in [0.29, 0.717) is 11.7 Å².